The van der Waals surface area contributed by atoms with Crippen LogP contribution in [0.2, 0.25) is 0 Å². The number of amides is 1. The Morgan fingerprint density at radius 3 is 2.59 bits per heavy atom. The molecule has 142 valence electrons. The molecule has 1 N–H and O–H groups in total. The number of hydrogen-bond acceptors (Lipinski definition) is 5. The van der Waals surface area contributed by atoms with Crippen molar-refractivity contribution in [2.24, 2.45) is 0 Å². The van der Waals surface area contributed by atoms with Crippen molar-refractivity contribution in [3.05, 3.63) is 52.5 Å². The number of aromatic nitrogens is 2. The molecule has 0 fully saturated rings. The Hall–Kier alpha value is -2.67. The Bertz CT molecular complexity index is 960. The number of benzene rings is 1. The van der Waals surface area contributed by atoms with Crippen LogP contribution in [0.3, 0.4) is 0 Å². The van der Waals surface area contributed by atoms with Crippen molar-refractivity contribution in [1.29, 1.82) is 0 Å². The van der Waals surface area contributed by atoms with E-state index in [4.69, 9.17) is 4.74 Å². The average molecular weight is 385 g/mol. The van der Waals surface area contributed by atoms with E-state index in [0.717, 1.165) is 21.5 Å². The van der Waals surface area contributed by atoms with Gasteiger partial charge in [0.2, 0.25) is 0 Å². The fraction of sp³-hybridized carbons (Fsp3) is 0.350. The minimum absolute atomic E-state index is 0.00500. The SMILES string of the molecule is Cc1nn(Cc2ccccc2)c2sc(C(=O)O[C@@H](C)C(=O)NC(C)C)cc12. The van der Waals surface area contributed by atoms with Gasteiger partial charge in [0, 0.05) is 11.4 Å². The van der Waals surface area contributed by atoms with Gasteiger partial charge in [0.05, 0.1) is 12.2 Å². The van der Waals surface area contributed by atoms with Crippen LogP contribution in [0.1, 0.15) is 41.7 Å². The van der Waals surface area contributed by atoms with Gasteiger partial charge in [-0.3, -0.25) is 9.48 Å². The average Bonchev–Trinajstić information content (AvgIpc) is 3.17. The van der Waals surface area contributed by atoms with E-state index in [0.29, 0.717) is 11.4 Å². The molecule has 3 rings (SSSR count). The monoisotopic (exact) mass is 385 g/mol. The standard InChI is InChI=1S/C20H23N3O3S/c1-12(2)21-18(24)14(4)26-20(25)17-10-16-13(3)22-23(19(16)27-17)11-15-8-6-5-7-9-15/h5-10,12,14H,11H2,1-4H3,(H,21,24)/t14-/m0/s1. The van der Waals surface area contributed by atoms with E-state index in [2.05, 4.69) is 10.4 Å². The number of esters is 1. The summed E-state index contributed by atoms with van der Waals surface area (Å²) in [6.45, 7) is 7.85. The van der Waals surface area contributed by atoms with Gasteiger partial charge in [0.25, 0.3) is 5.91 Å². The number of hydrogen-bond donors (Lipinski definition) is 1. The first-order valence-corrected chi connectivity index (χ1v) is 9.69. The lowest BCUT2D eigenvalue weighted by Gasteiger charge is -2.14. The number of nitrogens with one attached hydrogen (secondary N) is 1. The third-order valence-electron chi connectivity index (χ3n) is 4.07. The third kappa shape index (κ3) is 4.36. The van der Waals surface area contributed by atoms with Crippen LogP contribution in [0.25, 0.3) is 10.2 Å². The number of thiophene rings is 1. The Kier molecular flexibility index (Phi) is 5.60. The number of ether oxygens (including phenoxy) is 1. The van der Waals surface area contributed by atoms with E-state index in [9.17, 15) is 9.59 Å². The summed E-state index contributed by atoms with van der Waals surface area (Å²) in [4.78, 5) is 25.8. The fourth-order valence-electron chi connectivity index (χ4n) is 2.75. The maximum atomic E-state index is 12.5. The normalized spacial score (nSPS) is 12.3. The highest BCUT2D eigenvalue weighted by atomic mass is 32.1. The second-order valence-electron chi connectivity index (χ2n) is 6.77. The predicted octanol–water partition coefficient (Wildman–Crippen LogP) is 3.52. The second-order valence-corrected chi connectivity index (χ2v) is 7.80. The lowest BCUT2D eigenvalue weighted by atomic mass is 10.2. The Morgan fingerprint density at radius 2 is 1.93 bits per heavy atom. The van der Waals surface area contributed by atoms with Crippen molar-refractivity contribution in [2.45, 2.75) is 46.4 Å². The van der Waals surface area contributed by atoms with E-state index in [-0.39, 0.29) is 11.9 Å². The van der Waals surface area contributed by atoms with Crippen molar-refractivity contribution in [3.8, 4) is 0 Å². The van der Waals surface area contributed by atoms with Crippen molar-refractivity contribution in [1.82, 2.24) is 15.1 Å². The molecule has 1 aromatic carbocycles. The van der Waals surface area contributed by atoms with E-state index < -0.39 is 12.1 Å². The topological polar surface area (TPSA) is 73.2 Å². The molecule has 7 heteroatoms. The molecule has 2 aromatic heterocycles. The quantitative estimate of drug-likeness (QED) is 0.659. The van der Waals surface area contributed by atoms with Crippen LogP contribution in [-0.4, -0.2) is 33.8 Å². The van der Waals surface area contributed by atoms with Gasteiger partial charge in [0.1, 0.15) is 9.71 Å². The van der Waals surface area contributed by atoms with Gasteiger partial charge in [-0.05, 0) is 39.3 Å². The summed E-state index contributed by atoms with van der Waals surface area (Å²) in [7, 11) is 0. The van der Waals surface area contributed by atoms with Crippen LogP contribution < -0.4 is 5.32 Å². The lowest BCUT2D eigenvalue weighted by Crippen LogP contribution is -2.39. The summed E-state index contributed by atoms with van der Waals surface area (Å²) in [5.41, 5.74) is 2.00. The van der Waals surface area contributed by atoms with Gasteiger partial charge in [0.15, 0.2) is 6.10 Å². The minimum Gasteiger partial charge on any atom is -0.448 e. The summed E-state index contributed by atoms with van der Waals surface area (Å²) in [5.74, 6) is -0.792. The smallest absolute Gasteiger partial charge is 0.349 e. The predicted molar refractivity (Wildman–Crippen MR) is 106 cm³/mol. The summed E-state index contributed by atoms with van der Waals surface area (Å²) in [6, 6.07) is 11.8. The summed E-state index contributed by atoms with van der Waals surface area (Å²) in [6.07, 6.45) is -0.841. The largest absolute Gasteiger partial charge is 0.448 e. The Balaban J connectivity index is 1.79. The highest BCUT2D eigenvalue weighted by molar-refractivity contribution is 7.20. The van der Waals surface area contributed by atoms with Crippen LogP contribution >= 0.6 is 11.3 Å². The third-order valence-corrected chi connectivity index (χ3v) is 5.20. The lowest BCUT2D eigenvalue weighted by molar-refractivity contribution is -0.129. The first kappa shape index (κ1) is 19.1. The molecule has 0 saturated heterocycles. The molecule has 0 radical (unpaired) electrons. The number of carbonyl (C=O) groups excluding carboxylic acids is 2. The molecule has 0 bridgehead atoms. The molecule has 6 nitrogen and oxygen atoms in total. The minimum atomic E-state index is -0.841. The van der Waals surface area contributed by atoms with Gasteiger partial charge in [-0.25, -0.2) is 4.79 Å². The highest BCUT2D eigenvalue weighted by Crippen LogP contribution is 2.29. The molecular weight excluding hydrogens is 362 g/mol. The Morgan fingerprint density at radius 1 is 1.22 bits per heavy atom. The zero-order valence-corrected chi connectivity index (χ0v) is 16.7. The number of fused-ring (bicyclic) bond motifs is 1. The van der Waals surface area contributed by atoms with Crippen LogP contribution in [0.5, 0.6) is 0 Å². The summed E-state index contributed by atoms with van der Waals surface area (Å²) >= 11 is 1.33. The molecule has 0 aliphatic rings. The molecule has 27 heavy (non-hydrogen) atoms. The molecule has 0 aliphatic heterocycles. The maximum absolute atomic E-state index is 12.5. The van der Waals surface area contributed by atoms with E-state index in [1.54, 1.807) is 13.0 Å². The molecule has 0 saturated carbocycles. The van der Waals surface area contributed by atoms with Crippen LogP contribution in [-0.2, 0) is 16.1 Å². The number of carbonyl (C=O) groups is 2. The molecular formula is C20H23N3O3S. The zero-order chi connectivity index (χ0) is 19.6. The van der Waals surface area contributed by atoms with Gasteiger partial charge < -0.3 is 10.1 Å². The van der Waals surface area contributed by atoms with Crippen LogP contribution in [0, 0.1) is 6.92 Å². The molecule has 1 atom stereocenters. The molecule has 1 amide bonds. The van der Waals surface area contributed by atoms with Gasteiger partial charge in [-0.2, -0.15) is 5.10 Å². The van der Waals surface area contributed by atoms with Gasteiger partial charge in [-0.1, -0.05) is 30.3 Å². The van der Waals surface area contributed by atoms with Crippen LogP contribution in [0.4, 0.5) is 0 Å². The molecule has 3 aromatic rings. The van der Waals surface area contributed by atoms with Crippen molar-refractivity contribution in [2.75, 3.05) is 0 Å². The molecule has 0 spiro atoms. The van der Waals surface area contributed by atoms with Crippen molar-refractivity contribution in [3.63, 3.8) is 0 Å². The van der Waals surface area contributed by atoms with Crippen LogP contribution in [0.15, 0.2) is 36.4 Å². The number of aryl methyl sites for hydroxylation is 1. The summed E-state index contributed by atoms with van der Waals surface area (Å²) in [5, 5.41) is 8.25. The number of rotatable bonds is 6. The fourth-order valence-corrected chi connectivity index (χ4v) is 3.79. The van der Waals surface area contributed by atoms with E-state index >= 15 is 0 Å². The highest BCUT2D eigenvalue weighted by Gasteiger charge is 2.22. The zero-order valence-electron chi connectivity index (χ0n) is 15.9. The van der Waals surface area contributed by atoms with Crippen molar-refractivity contribution >= 4 is 33.4 Å². The van der Waals surface area contributed by atoms with Gasteiger partial charge in [-0.15, -0.1) is 11.3 Å². The van der Waals surface area contributed by atoms with Gasteiger partial charge >= 0.3 is 5.97 Å². The summed E-state index contributed by atoms with van der Waals surface area (Å²) < 4.78 is 7.22. The maximum Gasteiger partial charge on any atom is 0.349 e. The first-order chi connectivity index (χ1) is 12.8. The Labute approximate surface area is 162 Å². The van der Waals surface area contributed by atoms with E-state index in [1.807, 2.05) is 55.8 Å². The number of nitrogens with zero attached hydrogens (tertiary/aromatic N) is 2. The molecule has 0 aliphatic carbocycles. The molecule has 0 unspecified atom stereocenters. The molecule has 2 heterocycles. The van der Waals surface area contributed by atoms with Crippen molar-refractivity contribution < 1.29 is 14.3 Å². The second kappa shape index (κ2) is 7.92. The van der Waals surface area contributed by atoms with E-state index in [1.165, 1.54) is 11.3 Å². The first-order valence-electron chi connectivity index (χ1n) is 8.87.